The van der Waals surface area contributed by atoms with E-state index in [1.165, 1.54) is 48.5 Å². The summed E-state index contributed by atoms with van der Waals surface area (Å²) in [6.45, 7) is 0. The Morgan fingerprint density at radius 1 is 0.871 bits per heavy atom. The van der Waals surface area contributed by atoms with Crippen molar-refractivity contribution in [2.75, 3.05) is 4.72 Å². The number of sulfonamides is 1. The van der Waals surface area contributed by atoms with E-state index in [2.05, 4.69) is 16.6 Å². The first-order chi connectivity index (χ1) is 14.5. The molecule has 0 saturated carbocycles. The maximum Gasteiger partial charge on any atom is 0.416 e. The van der Waals surface area contributed by atoms with Gasteiger partial charge in [-0.1, -0.05) is 30.0 Å². The number of carbonyl (C=O) groups is 1. The minimum Gasteiger partial charge on any atom is -0.478 e. The normalized spacial score (nSPS) is 11.3. The fourth-order valence-corrected chi connectivity index (χ4v) is 3.68. The van der Waals surface area contributed by atoms with Crippen molar-refractivity contribution >= 4 is 21.7 Å². The summed E-state index contributed by atoms with van der Waals surface area (Å²) in [7, 11) is -4.06. The highest BCUT2D eigenvalue weighted by atomic mass is 32.2. The molecule has 0 heterocycles. The van der Waals surface area contributed by atoms with E-state index in [4.69, 9.17) is 5.11 Å². The third-order valence-corrected chi connectivity index (χ3v) is 5.43. The highest BCUT2D eigenvalue weighted by molar-refractivity contribution is 7.92. The van der Waals surface area contributed by atoms with Crippen molar-refractivity contribution in [3.05, 3.63) is 95.1 Å². The van der Waals surface area contributed by atoms with Gasteiger partial charge in [0.1, 0.15) is 0 Å². The van der Waals surface area contributed by atoms with Crippen LogP contribution in [0, 0.1) is 11.8 Å². The molecule has 158 valence electrons. The molecule has 0 bridgehead atoms. The van der Waals surface area contributed by atoms with E-state index in [1.807, 2.05) is 0 Å². The van der Waals surface area contributed by atoms with Crippen molar-refractivity contribution in [1.82, 2.24) is 0 Å². The lowest BCUT2D eigenvalue weighted by atomic mass is 10.1. The summed E-state index contributed by atoms with van der Waals surface area (Å²) in [4.78, 5) is 10.8. The molecule has 0 aliphatic carbocycles. The van der Waals surface area contributed by atoms with Crippen LogP contribution in [-0.4, -0.2) is 19.5 Å². The van der Waals surface area contributed by atoms with Crippen LogP contribution in [0.5, 0.6) is 0 Å². The average Bonchev–Trinajstić information content (AvgIpc) is 2.72. The van der Waals surface area contributed by atoms with Crippen LogP contribution in [0.25, 0.3) is 0 Å². The zero-order valence-electron chi connectivity index (χ0n) is 15.6. The topological polar surface area (TPSA) is 83.5 Å². The maximum absolute atomic E-state index is 12.8. The number of carboxylic acids is 1. The minimum atomic E-state index is -4.48. The highest BCUT2D eigenvalue weighted by Gasteiger charge is 2.30. The minimum absolute atomic E-state index is 0.159. The number of hydrogen-bond acceptors (Lipinski definition) is 3. The molecule has 0 spiro atoms. The van der Waals surface area contributed by atoms with Crippen LogP contribution in [0.15, 0.2) is 77.7 Å². The van der Waals surface area contributed by atoms with Gasteiger partial charge in [-0.25, -0.2) is 13.2 Å². The summed E-state index contributed by atoms with van der Waals surface area (Å²) >= 11 is 0. The average molecular weight is 445 g/mol. The van der Waals surface area contributed by atoms with Crippen LogP contribution in [0.3, 0.4) is 0 Å². The molecule has 3 aromatic carbocycles. The lowest BCUT2D eigenvalue weighted by Gasteiger charge is -2.09. The quantitative estimate of drug-likeness (QED) is 0.575. The Balaban J connectivity index is 1.84. The van der Waals surface area contributed by atoms with Crippen molar-refractivity contribution in [2.24, 2.45) is 0 Å². The van der Waals surface area contributed by atoms with Crippen LogP contribution in [0.2, 0.25) is 0 Å². The van der Waals surface area contributed by atoms with Gasteiger partial charge in [0.25, 0.3) is 10.0 Å². The molecule has 2 N–H and O–H groups in total. The Morgan fingerprint density at radius 3 is 2.13 bits per heavy atom. The second-order valence-corrected chi connectivity index (χ2v) is 8.03. The Labute approximate surface area is 176 Å². The summed E-state index contributed by atoms with van der Waals surface area (Å²) in [5.41, 5.74) is -0.298. The Bertz CT molecular complexity index is 1310. The number of halogens is 3. The second kappa shape index (κ2) is 8.53. The fourth-order valence-electron chi connectivity index (χ4n) is 2.59. The van der Waals surface area contributed by atoms with E-state index in [0.717, 1.165) is 18.2 Å². The molecule has 9 heteroatoms. The van der Waals surface area contributed by atoms with Crippen molar-refractivity contribution in [2.45, 2.75) is 11.1 Å². The monoisotopic (exact) mass is 445 g/mol. The smallest absolute Gasteiger partial charge is 0.416 e. The first kappa shape index (κ1) is 21.9. The van der Waals surface area contributed by atoms with Crippen LogP contribution >= 0.6 is 0 Å². The van der Waals surface area contributed by atoms with Crippen LogP contribution in [0.4, 0.5) is 18.9 Å². The lowest BCUT2D eigenvalue weighted by molar-refractivity contribution is -0.137. The van der Waals surface area contributed by atoms with E-state index in [1.54, 1.807) is 6.07 Å². The fraction of sp³-hybridized carbons (Fsp3) is 0.0455. The molecule has 0 aliphatic rings. The van der Waals surface area contributed by atoms with E-state index in [-0.39, 0.29) is 21.7 Å². The number of aromatic carboxylic acids is 1. The summed E-state index contributed by atoms with van der Waals surface area (Å²) in [6.07, 6.45) is -4.48. The molecule has 0 saturated heterocycles. The van der Waals surface area contributed by atoms with Gasteiger partial charge < -0.3 is 5.11 Å². The van der Waals surface area contributed by atoms with Crippen molar-refractivity contribution in [3.8, 4) is 11.8 Å². The number of alkyl halides is 3. The van der Waals surface area contributed by atoms with Gasteiger partial charge >= 0.3 is 12.1 Å². The molecule has 0 radical (unpaired) electrons. The van der Waals surface area contributed by atoms with Gasteiger partial charge in [0, 0.05) is 11.1 Å². The first-order valence-electron chi connectivity index (χ1n) is 8.70. The molecule has 3 rings (SSSR count). The Morgan fingerprint density at radius 2 is 1.48 bits per heavy atom. The van der Waals surface area contributed by atoms with Gasteiger partial charge in [-0.05, 0) is 54.6 Å². The third-order valence-electron chi connectivity index (χ3n) is 4.05. The first-order valence-corrected chi connectivity index (χ1v) is 10.2. The number of rotatable bonds is 4. The van der Waals surface area contributed by atoms with Gasteiger partial charge in [0.15, 0.2) is 0 Å². The van der Waals surface area contributed by atoms with E-state index < -0.39 is 27.7 Å². The number of carboxylic acid groups (broad SMARTS) is 1. The molecule has 0 atom stereocenters. The predicted molar refractivity (Wildman–Crippen MR) is 108 cm³/mol. The molecule has 0 amide bonds. The van der Waals surface area contributed by atoms with Crippen LogP contribution in [0.1, 0.15) is 27.0 Å². The Kier molecular flexibility index (Phi) is 6.04. The van der Waals surface area contributed by atoms with Gasteiger partial charge in [-0.3, -0.25) is 4.72 Å². The summed E-state index contributed by atoms with van der Waals surface area (Å²) < 4.78 is 65.8. The highest BCUT2D eigenvalue weighted by Crippen LogP contribution is 2.29. The molecule has 5 nitrogen and oxygen atoms in total. The van der Waals surface area contributed by atoms with Crippen molar-refractivity contribution in [1.29, 1.82) is 0 Å². The predicted octanol–water partition coefficient (Wildman–Crippen LogP) is 4.60. The van der Waals surface area contributed by atoms with E-state index in [9.17, 15) is 26.4 Å². The van der Waals surface area contributed by atoms with E-state index >= 15 is 0 Å². The van der Waals surface area contributed by atoms with Crippen molar-refractivity contribution < 1.29 is 31.5 Å². The number of benzene rings is 3. The molecule has 31 heavy (non-hydrogen) atoms. The SMILES string of the molecule is O=C(O)c1cccc(S(=O)(=O)Nc2cccc(C#Cc3cccc(C(F)(F)F)c3)c2)c1. The van der Waals surface area contributed by atoms with E-state index in [0.29, 0.717) is 5.56 Å². The van der Waals surface area contributed by atoms with Crippen LogP contribution < -0.4 is 4.72 Å². The largest absolute Gasteiger partial charge is 0.478 e. The third kappa shape index (κ3) is 5.65. The summed E-state index contributed by atoms with van der Waals surface area (Å²) in [5, 5.41) is 9.02. The summed E-state index contributed by atoms with van der Waals surface area (Å²) in [5.74, 6) is 4.06. The Hall–Kier alpha value is -3.77. The molecule has 0 aromatic heterocycles. The molecule has 0 fully saturated rings. The zero-order valence-corrected chi connectivity index (χ0v) is 16.5. The second-order valence-electron chi connectivity index (χ2n) is 6.35. The molecule has 3 aromatic rings. The number of anilines is 1. The molecule has 0 unspecified atom stereocenters. The van der Waals surface area contributed by atoms with Gasteiger partial charge in [-0.2, -0.15) is 13.2 Å². The molecular formula is C22H14F3NO4S. The summed E-state index contributed by atoms with van der Waals surface area (Å²) in [6, 6.07) is 15.4. The number of nitrogens with one attached hydrogen (secondary N) is 1. The molecular weight excluding hydrogens is 431 g/mol. The molecule has 0 aliphatic heterocycles. The number of hydrogen-bond donors (Lipinski definition) is 2. The maximum atomic E-state index is 12.8. The van der Waals surface area contributed by atoms with Crippen LogP contribution in [-0.2, 0) is 16.2 Å². The van der Waals surface area contributed by atoms with Gasteiger partial charge in [0.05, 0.1) is 21.7 Å². The van der Waals surface area contributed by atoms with Gasteiger partial charge in [-0.15, -0.1) is 0 Å². The van der Waals surface area contributed by atoms with Gasteiger partial charge in [0.2, 0.25) is 0 Å². The lowest BCUT2D eigenvalue weighted by Crippen LogP contribution is -2.13. The standard InChI is InChI=1S/C22H14F3NO4S/c23-22(24,25)18-7-1-4-15(12-18)10-11-16-5-2-8-19(13-16)26-31(29,30)20-9-3-6-17(14-20)21(27)28/h1-9,12-14,26H,(H,27,28). The zero-order chi connectivity index (χ0) is 22.6. The van der Waals surface area contributed by atoms with Crippen molar-refractivity contribution in [3.63, 3.8) is 0 Å².